The third-order valence-electron chi connectivity index (χ3n) is 3.40. The van der Waals surface area contributed by atoms with Crippen LogP contribution in [0.1, 0.15) is 17.7 Å². The van der Waals surface area contributed by atoms with Gasteiger partial charge in [-0.15, -0.1) is 11.3 Å². The van der Waals surface area contributed by atoms with E-state index < -0.39 is 0 Å². The molecule has 0 bridgehead atoms. The molecule has 0 aromatic carbocycles. The van der Waals surface area contributed by atoms with Crippen molar-refractivity contribution in [2.45, 2.75) is 25.4 Å². The number of nitrogens with zero attached hydrogens (tertiary/aromatic N) is 1. The first-order valence-electron chi connectivity index (χ1n) is 5.68. The molecule has 2 atom stereocenters. The summed E-state index contributed by atoms with van der Waals surface area (Å²) in [6.07, 6.45) is 2.76. The fourth-order valence-corrected chi connectivity index (χ4v) is 3.16. The number of hydrogen-bond donors (Lipinski definition) is 1. The highest BCUT2D eigenvalue weighted by Crippen LogP contribution is 2.31. The molecule has 15 heavy (non-hydrogen) atoms. The van der Waals surface area contributed by atoms with E-state index in [0.717, 1.165) is 18.5 Å². The molecule has 0 saturated heterocycles. The number of hydrogen-bond acceptors (Lipinski definition) is 3. The number of rotatable bonds is 5. The van der Waals surface area contributed by atoms with Gasteiger partial charge >= 0.3 is 0 Å². The summed E-state index contributed by atoms with van der Waals surface area (Å²) in [5.41, 5.74) is 0. The van der Waals surface area contributed by atoms with Gasteiger partial charge in [0, 0.05) is 17.5 Å². The normalized spacial score (nSPS) is 25.5. The van der Waals surface area contributed by atoms with E-state index in [0.29, 0.717) is 0 Å². The molecule has 0 spiro atoms. The summed E-state index contributed by atoms with van der Waals surface area (Å²) in [5, 5.41) is 5.45. The quantitative estimate of drug-likeness (QED) is 0.824. The molecular weight excluding hydrogens is 204 g/mol. The van der Waals surface area contributed by atoms with Gasteiger partial charge in [0.2, 0.25) is 0 Å². The second-order valence-corrected chi connectivity index (χ2v) is 5.49. The second-order valence-electron chi connectivity index (χ2n) is 4.46. The molecule has 1 heterocycles. The lowest BCUT2D eigenvalue weighted by Crippen LogP contribution is -2.48. The van der Waals surface area contributed by atoms with E-state index in [1.807, 2.05) is 11.3 Å². The molecule has 1 aromatic heterocycles. The van der Waals surface area contributed by atoms with Crippen LogP contribution in [-0.4, -0.2) is 31.6 Å². The van der Waals surface area contributed by atoms with Crippen LogP contribution in [0.25, 0.3) is 0 Å². The average molecular weight is 224 g/mol. The van der Waals surface area contributed by atoms with Crippen molar-refractivity contribution in [3.63, 3.8) is 0 Å². The highest BCUT2D eigenvalue weighted by molar-refractivity contribution is 7.09. The Morgan fingerprint density at radius 3 is 2.93 bits per heavy atom. The summed E-state index contributed by atoms with van der Waals surface area (Å²) in [4.78, 5) is 3.99. The van der Waals surface area contributed by atoms with Crippen molar-refractivity contribution in [3.8, 4) is 0 Å². The van der Waals surface area contributed by atoms with Crippen molar-refractivity contribution < 1.29 is 0 Å². The zero-order valence-electron chi connectivity index (χ0n) is 9.57. The Hall–Kier alpha value is -0.380. The molecule has 0 amide bonds. The van der Waals surface area contributed by atoms with E-state index in [1.54, 1.807) is 0 Å². The molecule has 0 radical (unpaired) electrons. The zero-order valence-corrected chi connectivity index (χ0v) is 10.4. The van der Waals surface area contributed by atoms with Crippen LogP contribution in [0.3, 0.4) is 0 Å². The first-order valence-corrected chi connectivity index (χ1v) is 6.56. The van der Waals surface area contributed by atoms with Gasteiger partial charge in [-0.1, -0.05) is 6.07 Å². The molecule has 1 aromatic rings. The molecular formula is C12H20N2S. The zero-order chi connectivity index (χ0) is 10.7. The van der Waals surface area contributed by atoms with Crippen LogP contribution in [0, 0.1) is 5.92 Å². The van der Waals surface area contributed by atoms with Crippen LogP contribution in [-0.2, 0) is 6.54 Å². The van der Waals surface area contributed by atoms with Crippen molar-refractivity contribution in [1.29, 1.82) is 0 Å². The van der Waals surface area contributed by atoms with Gasteiger partial charge in [0.25, 0.3) is 0 Å². The minimum absolute atomic E-state index is 0.791. The van der Waals surface area contributed by atoms with Crippen LogP contribution in [0.15, 0.2) is 17.5 Å². The van der Waals surface area contributed by atoms with Gasteiger partial charge in [0.1, 0.15) is 0 Å². The largest absolute Gasteiger partial charge is 0.319 e. The smallest absolute Gasteiger partial charge is 0.0327 e. The fraction of sp³-hybridized carbons (Fsp3) is 0.667. The van der Waals surface area contributed by atoms with E-state index >= 15 is 0 Å². The van der Waals surface area contributed by atoms with E-state index in [1.165, 1.54) is 24.3 Å². The Morgan fingerprint density at radius 1 is 1.53 bits per heavy atom. The van der Waals surface area contributed by atoms with Crippen molar-refractivity contribution >= 4 is 11.3 Å². The maximum atomic E-state index is 3.29. The maximum Gasteiger partial charge on any atom is 0.0327 e. The van der Waals surface area contributed by atoms with Crippen molar-refractivity contribution in [3.05, 3.63) is 22.4 Å². The van der Waals surface area contributed by atoms with E-state index in [2.05, 4.69) is 41.8 Å². The Labute approximate surface area is 96.3 Å². The molecule has 0 aliphatic heterocycles. The topological polar surface area (TPSA) is 15.3 Å². The summed E-state index contributed by atoms with van der Waals surface area (Å²) in [6, 6.07) is 5.16. The molecule has 2 unspecified atom stereocenters. The highest BCUT2D eigenvalue weighted by atomic mass is 32.1. The molecule has 2 nitrogen and oxygen atoms in total. The molecule has 1 aliphatic carbocycles. The lowest BCUT2D eigenvalue weighted by Gasteiger charge is -2.42. The van der Waals surface area contributed by atoms with Crippen molar-refractivity contribution in [2.75, 3.05) is 20.6 Å². The van der Waals surface area contributed by atoms with Crippen LogP contribution < -0.4 is 5.32 Å². The Bertz CT molecular complexity index is 284. The fourth-order valence-electron chi connectivity index (χ4n) is 2.40. The lowest BCUT2D eigenvalue weighted by atomic mass is 9.78. The van der Waals surface area contributed by atoms with Crippen LogP contribution in [0.4, 0.5) is 0 Å². The maximum absolute atomic E-state index is 3.29. The number of nitrogens with one attached hydrogen (secondary N) is 1. The first kappa shape index (κ1) is 11.1. The van der Waals surface area contributed by atoms with Crippen molar-refractivity contribution in [2.24, 2.45) is 5.92 Å². The van der Waals surface area contributed by atoms with Gasteiger partial charge in [-0.25, -0.2) is 0 Å². The molecule has 1 aliphatic rings. The molecule has 1 N–H and O–H groups in total. The number of thiophene rings is 1. The van der Waals surface area contributed by atoms with E-state index in [9.17, 15) is 0 Å². The van der Waals surface area contributed by atoms with Crippen LogP contribution in [0.2, 0.25) is 0 Å². The van der Waals surface area contributed by atoms with E-state index in [-0.39, 0.29) is 0 Å². The van der Waals surface area contributed by atoms with Crippen molar-refractivity contribution in [1.82, 2.24) is 10.2 Å². The summed E-state index contributed by atoms with van der Waals surface area (Å²) in [6.45, 7) is 2.28. The second kappa shape index (κ2) is 5.10. The first-order chi connectivity index (χ1) is 7.31. The highest BCUT2D eigenvalue weighted by Gasteiger charge is 2.32. The Balaban J connectivity index is 1.83. The monoisotopic (exact) mass is 224 g/mol. The minimum atomic E-state index is 0.791. The molecule has 3 heteroatoms. The molecule has 1 saturated carbocycles. The average Bonchev–Trinajstić information content (AvgIpc) is 2.64. The van der Waals surface area contributed by atoms with Crippen LogP contribution >= 0.6 is 11.3 Å². The van der Waals surface area contributed by atoms with Gasteiger partial charge in [-0.3, -0.25) is 4.90 Å². The summed E-state index contributed by atoms with van der Waals surface area (Å²) < 4.78 is 0. The standard InChI is InChI=1S/C12H20N2S/c1-13-8-10-5-6-12(10)14(2)9-11-4-3-7-15-11/h3-4,7,10,12-13H,5-6,8-9H2,1-2H3. The Kier molecular flexibility index (Phi) is 3.78. The summed E-state index contributed by atoms with van der Waals surface area (Å²) in [5.74, 6) is 0.861. The predicted octanol–water partition coefficient (Wildman–Crippen LogP) is 2.18. The van der Waals surface area contributed by atoms with E-state index in [4.69, 9.17) is 0 Å². The predicted molar refractivity (Wildman–Crippen MR) is 66.2 cm³/mol. The third-order valence-corrected chi connectivity index (χ3v) is 4.26. The molecule has 84 valence electrons. The summed E-state index contributed by atoms with van der Waals surface area (Å²) in [7, 11) is 4.31. The summed E-state index contributed by atoms with van der Waals surface area (Å²) >= 11 is 1.86. The SMILES string of the molecule is CNCC1CCC1N(C)Cc1cccs1. The van der Waals surface area contributed by atoms with Crippen LogP contribution in [0.5, 0.6) is 0 Å². The molecule has 2 rings (SSSR count). The third kappa shape index (κ3) is 2.60. The van der Waals surface area contributed by atoms with Gasteiger partial charge in [-0.2, -0.15) is 0 Å². The Morgan fingerprint density at radius 2 is 2.40 bits per heavy atom. The van der Waals surface area contributed by atoms with Gasteiger partial charge < -0.3 is 5.32 Å². The lowest BCUT2D eigenvalue weighted by molar-refractivity contribution is 0.0801. The van der Waals surface area contributed by atoms with Gasteiger partial charge in [0.15, 0.2) is 0 Å². The van der Waals surface area contributed by atoms with Gasteiger partial charge in [0.05, 0.1) is 0 Å². The van der Waals surface area contributed by atoms with Gasteiger partial charge in [-0.05, 0) is 50.8 Å². The minimum Gasteiger partial charge on any atom is -0.319 e. The molecule has 1 fully saturated rings.